The van der Waals surface area contributed by atoms with E-state index in [1.807, 2.05) is 23.9 Å². The van der Waals surface area contributed by atoms with Gasteiger partial charge >= 0.3 is 11.9 Å². The summed E-state index contributed by atoms with van der Waals surface area (Å²) >= 11 is 12.6. The third kappa shape index (κ3) is 6.83. The van der Waals surface area contributed by atoms with Gasteiger partial charge in [-0.05, 0) is 74.8 Å². The molecule has 14 heteroatoms. The molecule has 1 saturated heterocycles. The first-order chi connectivity index (χ1) is 19.1. The number of H-pyrrole nitrogens is 1. The van der Waals surface area contributed by atoms with Crippen molar-refractivity contribution in [1.29, 1.82) is 0 Å². The summed E-state index contributed by atoms with van der Waals surface area (Å²) < 4.78 is 68.9. The molecule has 0 unspecified atom stereocenters. The number of rotatable bonds is 8. The van der Waals surface area contributed by atoms with Crippen molar-refractivity contribution in [2.24, 2.45) is 5.92 Å². The van der Waals surface area contributed by atoms with Gasteiger partial charge in [0.25, 0.3) is 5.56 Å². The number of nitrogens with zero attached hydrogens (tertiary/aromatic N) is 3. The van der Waals surface area contributed by atoms with E-state index in [9.17, 15) is 31.2 Å². The molecule has 1 fully saturated rings. The van der Waals surface area contributed by atoms with Crippen molar-refractivity contribution in [1.82, 2.24) is 19.4 Å². The van der Waals surface area contributed by atoms with Crippen LogP contribution in [-0.4, -0.2) is 67.3 Å². The molecule has 1 aliphatic heterocycles. The number of sulfone groups is 1. The van der Waals surface area contributed by atoms with E-state index >= 15 is 0 Å². The Kier molecular flexibility index (Phi) is 9.30. The first-order valence-electron chi connectivity index (χ1n) is 13.1. The minimum Gasteiger partial charge on any atom is -0.309 e. The highest BCUT2D eigenvalue weighted by atomic mass is 35.5. The lowest BCUT2D eigenvalue weighted by molar-refractivity contribution is -0.138. The van der Waals surface area contributed by atoms with Crippen molar-refractivity contribution in [2.75, 3.05) is 39.5 Å². The number of benzene rings is 2. The normalized spacial score (nSPS) is 17.0. The van der Waals surface area contributed by atoms with Gasteiger partial charge < -0.3 is 9.88 Å². The zero-order valence-corrected chi connectivity index (χ0v) is 25.1. The molecule has 0 amide bonds. The first kappa shape index (κ1) is 31.6. The largest absolute Gasteiger partial charge is 0.416 e. The zero-order valence-electron chi connectivity index (χ0n) is 22.8. The lowest BCUT2D eigenvalue weighted by Gasteiger charge is -2.34. The summed E-state index contributed by atoms with van der Waals surface area (Å²) in [4.78, 5) is 32.8. The first-order valence-corrected chi connectivity index (χ1v) is 15.5. The number of alkyl halides is 3. The Labute approximate surface area is 245 Å². The van der Waals surface area contributed by atoms with E-state index in [1.54, 1.807) is 0 Å². The molecule has 224 valence electrons. The number of fused-ring (bicyclic) bond motifs is 1. The highest BCUT2D eigenvalue weighted by Gasteiger charge is 2.37. The van der Waals surface area contributed by atoms with Crippen LogP contribution in [0.25, 0.3) is 10.9 Å². The van der Waals surface area contributed by atoms with Crippen LogP contribution >= 0.6 is 23.2 Å². The molecular formula is C27H31Cl2F3N4O4S. The Bertz CT molecular complexity index is 1690. The Balaban J connectivity index is 1.83. The average molecular weight is 636 g/mol. The molecule has 0 aliphatic carbocycles. The van der Waals surface area contributed by atoms with Crippen molar-refractivity contribution in [3.05, 3.63) is 71.8 Å². The molecule has 1 atom stereocenters. The summed E-state index contributed by atoms with van der Waals surface area (Å²) in [5.41, 5.74) is -3.39. The summed E-state index contributed by atoms with van der Waals surface area (Å²) in [5.74, 6) is 0.0393. The van der Waals surface area contributed by atoms with Crippen LogP contribution in [0.2, 0.25) is 10.0 Å². The average Bonchev–Trinajstić information content (AvgIpc) is 2.87. The van der Waals surface area contributed by atoms with Crippen molar-refractivity contribution >= 4 is 43.9 Å². The highest BCUT2D eigenvalue weighted by Crippen LogP contribution is 2.39. The van der Waals surface area contributed by atoms with Gasteiger partial charge in [-0.1, -0.05) is 30.1 Å². The number of hydrogen-bond acceptors (Lipinski definition) is 6. The van der Waals surface area contributed by atoms with Crippen LogP contribution in [0, 0.1) is 5.92 Å². The molecule has 2 heterocycles. The molecule has 41 heavy (non-hydrogen) atoms. The maximum atomic E-state index is 14.3. The van der Waals surface area contributed by atoms with Gasteiger partial charge in [0.2, 0.25) is 0 Å². The standard InChI is InChI=1S/C27H31Cl2F3N4O4S/c1-4-41(39,40)22-8-7-18(28)10-17(22)14-36-25(37)19-11-21(27(30,31)32)20(23(29)24(19)33-26(36)38)15-35-9-5-6-16(13-35)12-34(2)3/h7-8,10-11,16H,4-6,9,12-15H2,1-3H3,(H,33,38)/t16-/m1/s1. The minimum atomic E-state index is -4.82. The molecule has 3 aromatic rings. The minimum absolute atomic E-state index is 0.0578. The smallest absolute Gasteiger partial charge is 0.309 e. The summed E-state index contributed by atoms with van der Waals surface area (Å²) in [5, 5.41) is -0.613. The van der Waals surface area contributed by atoms with E-state index in [1.165, 1.54) is 25.1 Å². The number of aromatic amines is 1. The van der Waals surface area contributed by atoms with E-state index in [4.69, 9.17) is 23.2 Å². The van der Waals surface area contributed by atoms with E-state index in [0.717, 1.165) is 19.4 Å². The van der Waals surface area contributed by atoms with Crippen LogP contribution in [0.3, 0.4) is 0 Å². The van der Waals surface area contributed by atoms with Gasteiger partial charge in [-0.2, -0.15) is 13.2 Å². The molecule has 1 aromatic heterocycles. The summed E-state index contributed by atoms with van der Waals surface area (Å²) in [7, 11) is 0.128. The molecule has 0 spiro atoms. The van der Waals surface area contributed by atoms with Crippen LogP contribution < -0.4 is 11.2 Å². The van der Waals surface area contributed by atoms with Crippen molar-refractivity contribution in [2.45, 2.75) is 43.9 Å². The summed E-state index contributed by atoms with van der Waals surface area (Å²) in [6, 6.07) is 4.65. The predicted molar refractivity (Wildman–Crippen MR) is 154 cm³/mol. The summed E-state index contributed by atoms with van der Waals surface area (Å²) in [6.45, 7) is 2.80. The van der Waals surface area contributed by atoms with Crippen molar-refractivity contribution in [3.63, 3.8) is 0 Å². The maximum absolute atomic E-state index is 14.3. The van der Waals surface area contributed by atoms with Crippen LogP contribution in [0.4, 0.5) is 13.2 Å². The quantitative estimate of drug-likeness (QED) is 0.388. The van der Waals surface area contributed by atoms with E-state index in [0.29, 0.717) is 23.7 Å². The monoisotopic (exact) mass is 634 g/mol. The molecule has 0 saturated carbocycles. The van der Waals surface area contributed by atoms with Gasteiger partial charge in [0.05, 0.1) is 38.7 Å². The Morgan fingerprint density at radius 2 is 1.83 bits per heavy atom. The molecule has 0 bridgehead atoms. The Morgan fingerprint density at radius 3 is 2.46 bits per heavy atom. The molecule has 1 N–H and O–H groups in total. The molecule has 1 aliphatic rings. The number of nitrogens with one attached hydrogen (secondary N) is 1. The molecule has 0 radical (unpaired) electrons. The molecular weight excluding hydrogens is 604 g/mol. The lowest BCUT2D eigenvalue weighted by atomic mass is 9.96. The molecule has 8 nitrogen and oxygen atoms in total. The second-order valence-electron chi connectivity index (χ2n) is 10.6. The van der Waals surface area contributed by atoms with Gasteiger partial charge in [0, 0.05) is 24.7 Å². The van der Waals surface area contributed by atoms with Gasteiger partial charge in [0.1, 0.15) is 0 Å². The van der Waals surface area contributed by atoms with E-state index in [2.05, 4.69) is 4.98 Å². The third-order valence-electron chi connectivity index (χ3n) is 7.30. The SMILES string of the molecule is CCS(=O)(=O)c1ccc(Cl)cc1Cn1c(=O)[nH]c2c(Cl)c(CN3CCC[C@H](CN(C)C)C3)c(C(F)(F)F)cc2c1=O. The maximum Gasteiger partial charge on any atom is 0.416 e. The van der Waals surface area contributed by atoms with Gasteiger partial charge in [0.15, 0.2) is 9.84 Å². The van der Waals surface area contributed by atoms with Crippen LogP contribution in [0.5, 0.6) is 0 Å². The number of piperidine rings is 1. The summed E-state index contributed by atoms with van der Waals surface area (Å²) in [6.07, 6.45) is -3.03. The van der Waals surface area contributed by atoms with Gasteiger partial charge in [-0.15, -0.1) is 0 Å². The zero-order chi connectivity index (χ0) is 30.3. The van der Waals surface area contributed by atoms with Crippen LogP contribution in [0.1, 0.15) is 36.5 Å². The number of aromatic nitrogens is 2. The van der Waals surface area contributed by atoms with Gasteiger partial charge in [-0.25, -0.2) is 13.2 Å². The topological polar surface area (TPSA) is 95.5 Å². The predicted octanol–water partition coefficient (Wildman–Crippen LogP) is 4.63. The van der Waals surface area contributed by atoms with E-state index in [-0.39, 0.29) is 49.8 Å². The van der Waals surface area contributed by atoms with Gasteiger partial charge in [-0.3, -0.25) is 14.3 Å². The lowest BCUT2D eigenvalue weighted by Crippen LogP contribution is -2.39. The number of halogens is 5. The van der Waals surface area contributed by atoms with Crippen LogP contribution in [0.15, 0.2) is 38.8 Å². The second kappa shape index (κ2) is 12.1. The highest BCUT2D eigenvalue weighted by molar-refractivity contribution is 7.91. The Morgan fingerprint density at radius 1 is 1.12 bits per heavy atom. The second-order valence-corrected chi connectivity index (χ2v) is 13.7. The third-order valence-corrected chi connectivity index (χ3v) is 9.78. The number of likely N-dealkylation sites (tertiary alicyclic amines) is 1. The fourth-order valence-electron chi connectivity index (χ4n) is 5.43. The molecule has 2 aromatic carbocycles. The van der Waals surface area contributed by atoms with Crippen molar-refractivity contribution < 1.29 is 21.6 Å². The molecule has 4 rings (SSSR count). The Hall–Kier alpha value is -2.38. The number of hydrogen-bond donors (Lipinski definition) is 1. The van der Waals surface area contributed by atoms with E-state index < -0.39 is 44.8 Å². The fraction of sp³-hybridized carbons (Fsp3) is 0.481. The van der Waals surface area contributed by atoms with Crippen LogP contribution in [-0.2, 0) is 29.1 Å². The fourth-order valence-corrected chi connectivity index (χ4v) is 7.04. The van der Waals surface area contributed by atoms with Crippen molar-refractivity contribution in [3.8, 4) is 0 Å².